The van der Waals surface area contributed by atoms with Crippen LogP contribution in [0.5, 0.6) is 5.75 Å². The first kappa shape index (κ1) is 7.09. The van der Waals surface area contributed by atoms with Crippen molar-refractivity contribution in [2.24, 2.45) is 0 Å². The van der Waals surface area contributed by atoms with Crippen LogP contribution in [0.1, 0.15) is 5.69 Å². The van der Waals surface area contributed by atoms with E-state index in [0.717, 1.165) is 17.1 Å². The Morgan fingerprint density at radius 2 is 2.33 bits per heavy atom. The largest absolute Gasteiger partial charge is 0.493 e. The number of hydrogen-bond donors (Lipinski definition) is 0. The Morgan fingerprint density at radius 1 is 1.50 bits per heavy atom. The minimum absolute atomic E-state index is 0.748. The van der Waals surface area contributed by atoms with Crippen LogP contribution in [0.2, 0.25) is 0 Å². The van der Waals surface area contributed by atoms with Crippen LogP contribution in [-0.2, 0) is 0 Å². The van der Waals surface area contributed by atoms with Crippen molar-refractivity contribution in [2.75, 3.05) is 7.11 Å². The molecule has 0 bridgehead atoms. The summed E-state index contributed by atoms with van der Waals surface area (Å²) >= 11 is 0. The highest BCUT2D eigenvalue weighted by molar-refractivity contribution is 5.52. The summed E-state index contributed by atoms with van der Waals surface area (Å²) in [5.74, 6) is 0.748. The van der Waals surface area contributed by atoms with Gasteiger partial charge in [0.1, 0.15) is 0 Å². The second-order valence-electron chi connectivity index (χ2n) is 2.55. The maximum atomic E-state index is 5.12. The molecule has 2 heterocycles. The Balaban J connectivity index is 2.78. The van der Waals surface area contributed by atoms with Gasteiger partial charge in [0.15, 0.2) is 11.4 Å². The van der Waals surface area contributed by atoms with Crippen LogP contribution < -0.4 is 4.74 Å². The number of nitrogens with zero attached hydrogens (tertiary/aromatic N) is 3. The van der Waals surface area contributed by atoms with Crippen molar-refractivity contribution < 1.29 is 4.74 Å². The molecule has 0 aliphatic carbocycles. The monoisotopic (exact) mass is 163 g/mol. The van der Waals surface area contributed by atoms with Gasteiger partial charge in [0.2, 0.25) is 0 Å². The number of aromatic nitrogens is 3. The summed E-state index contributed by atoms with van der Waals surface area (Å²) in [6.07, 6.45) is 3.55. The lowest BCUT2D eigenvalue weighted by atomic mass is 10.5. The molecule has 0 saturated carbocycles. The summed E-state index contributed by atoms with van der Waals surface area (Å²) in [5, 5.41) is 4.08. The molecule has 0 unspecified atom stereocenters. The van der Waals surface area contributed by atoms with Crippen molar-refractivity contribution in [1.82, 2.24) is 14.6 Å². The normalized spacial score (nSPS) is 10.5. The van der Waals surface area contributed by atoms with E-state index in [1.807, 2.05) is 13.1 Å². The van der Waals surface area contributed by atoms with Crippen molar-refractivity contribution in [3.63, 3.8) is 0 Å². The average molecular weight is 163 g/mol. The molecule has 0 amide bonds. The van der Waals surface area contributed by atoms with Crippen LogP contribution in [0, 0.1) is 6.92 Å². The lowest BCUT2D eigenvalue weighted by Crippen LogP contribution is -1.92. The van der Waals surface area contributed by atoms with E-state index in [2.05, 4.69) is 10.1 Å². The zero-order valence-corrected chi connectivity index (χ0v) is 6.98. The van der Waals surface area contributed by atoms with E-state index in [4.69, 9.17) is 4.74 Å². The molecule has 0 saturated heterocycles. The minimum atomic E-state index is 0.748. The predicted octanol–water partition coefficient (Wildman–Crippen LogP) is 1.05. The number of rotatable bonds is 1. The van der Waals surface area contributed by atoms with E-state index < -0.39 is 0 Å². The standard InChI is InChI=1S/C8H9N3O/c1-6-5-11-8(10-6)7(12-2)3-4-9-11/h3-5H,1-2H3. The lowest BCUT2D eigenvalue weighted by molar-refractivity contribution is 0.415. The van der Waals surface area contributed by atoms with Crippen LogP contribution in [0.25, 0.3) is 5.65 Å². The van der Waals surface area contributed by atoms with E-state index in [-0.39, 0.29) is 0 Å². The number of hydrogen-bond acceptors (Lipinski definition) is 3. The molecule has 0 spiro atoms. The third-order valence-electron chi connectivity index (χ3n) is 1.67. The quantitative estimate of drug-likeness (QED) is 0.630. The van der Waals surface area contributed by atoms with E-state index in [9.17, 15) is 0 Å². The molecule has 0 fully saturated rings. The molecule has 0 atom stereocenters. The molecule has 2 rings (SSSR count). The molecule has 0 aromatic carbocycles. The van der Waals surface area contributed by atoms with Gasteiger partial charge in [-0.1, -0.05) is 0 Å². The predicted molar refractivity (Wildman–Crippen MR) is 44.3 cm³/mol. The molecule has 4 nitrogen and oxygen atoms in total. The van der Waals surface area contributed by atoms with Gasteiger partial charge < -0.3 is 4.74 Å². The van der Waals surface area contributed by atoms with Crippen LogP contribution in [0.3, 0.4) is 0 Å². The van der Waals surface area contributed by atoms with Crippen LogP contribution in [0.15, 0.2) is 18.5 Å². The summed E-state index contributed by atoms with van der Waals surface area (Å²) in [5.41, 5.74) is 1.70. The van der Waals surface area contributed by atoms with Gasteiger partial charge in [-0.2, -0.15) is 5.10 Å². The summed E-state index contributed by atoms with van der Waals surface area (Å²) in [7, 11) is 1.62. The molecule has 4 heteroatoms. The van der Waals surface area contributed by atoms with Crippen molar-refractivity contribution in [2.45, 2.75) is 6.92 Å². The minimum Gasteiger partial charge on any atom is -0.493 e. The molecule has 62 valence electrons. The molecule has 0 radical (unpaired) electrons. The summed E-state index contributed by atoms with van der Waals surface area (Å²) in [6.45, 7) is 1.92. The Bertz CT molecular complexity index is 408. The van der Waals surface area contributed by atoms with Crippen molar-refractivity contribution >= 4 is 5.65 Å². The number of imidazole rings is 1. The average Bonchev–Trinajstić information content (AvgIpc) is 2.44. The number of aryl methyl sites for hydroxylation is 1. The smallest absolute Gasteiger partial charge is 0.196 e. The number of ether oxygens (including phenoxy) is 1. The van der Waals surface area contributed by atoms with Gasteiger partial charge in [-0.3, -0.25) is 0 Å². The van der Waals surface area contributed by atoms with Crippen LogP contribution >= 0.6 is 0 Å². The van der Waals surface area contributed by atoms with Gasteiger partial charge >= 0.3 is 0 Å². The Labute approximate surface area is 69.8 Å². The maximum Gasteiger partial charge on any atom is 0.196 e. The van der Waals surface area contributed by atoms with Crippen LogP contribution in [-0.4, -0.2) is 21.7 Å². The molecule has 2 aromatic heterocycles. The first-order valence-electron chi connectivity index (χ1n) is 3.66. The van der Waals surface area contributed by atoms with Gasteiger partial charge in [0.25, 0.3) is 0 Å². The van der Waals surface area contributed by atoms with Crippen molar-refractivity contribution in [3.8, 4) is 5.75 Å². The molecule has 2 aromatic rings. The zero-order valence-electron chi connectivity index (χ0n) is 6.98. The summed E-state index contributed by atoms with van der Waals surface area (Å²) < 4.78 is 6.82. The van der Waals surface area contributed by atoms with E-state index in [0.29, 0.717) is 0 Å². The van der Waals surface area contributed by atoms with E-state index >= 15 is 0 Å². The maximum absolute atomic E-state index is 5.12. The highest BCUT2D eigenvalue weighted by Crippen LogP contribution is 2.15. The molecule has 0 aliphatic heterocycles. The number of methoxy groups -OCH3 is 1. The summed E-state index contributed by atoms with van der Waals surface area (Å²) in [6, 6.07) is 1.79. The highest BCUT2D eigenvalue weighted by Gasteiger charge is 2.03. The molecule has 0 N–H and O–H groups in total. The second kappa shape index (κ2) is 2.48. The molecular formula is C8H9N3O. The second-order valence-corrected chi connectivity index (χ2v) is 2.55. The van der Waals surface area contributed by atoms with Crippen LogP contribution in [0.4, 0.5) is 0 Å². The van der Waals surface area contributed by atoms with E-state index in [1.165, 1.54) is 0 Å². The van der Waals surface area contributed by atoms with Crippen molar-refractivity contribution in [1.29, 1.82) is 0 Å². The lowest BCUT2D eigenvalue weighted by Gasteiger charge is -1.98. The van der Waals surface area contributed by atoms with Gasteiger partial charge in [0.05, 0.1) is 25.2 Å². The van der Waals surface area contributed by atoms with E-state index in [1.54, 1.807) is 23.9 Å². The van der Waals surface area contributed by atoms with Gasteiger partial charge in [-0.25, -0.2) is 9.50 Å². The first-order chi connectivity index (χ1) is 5.81. The first-order valence-corrected chi connectivity index (χ1v) is 3.66. The summed E-state index contributed by atoms with van der Waals surface area (Å²) in [4.78, 5) is 4.26. The SMILES string of the molecule is COc1ccnn2cc(C)nc12. The third kappa shape index (κ3) is 0.922. The van der Waals surface area contributed by atoms with Gasteiger partial charge in [-0.05, 0) is 6.92 Å². The van der Waals surface area contributed by atoms with Gasteiger partial charge in [-0.15, -0.1) is 0 Å². The fourth-order valence-electron chi connectivity index (χ4n) is 1.15. The fourth-order valence-corrected chi connectivity index (χ4v) is 1.15. The Hall–Kier alpha value is -1.58. The molecule has 12 heavy (non-hydrogen) atoms. The Kier molecular flexibility index (Phi) is 1.46. The third-order valence-corrected chi connectivity index (χ3v) is 1.67. The van der Waals surface area contributed by atoms with Gasteiger partial charge in [0, 0.05) is 6.07 Å². The number of fused-ring (bicyclic) bond motifs is 1. The topological polar surface area (TPSA) is 39.4 Å². The molecular weight excluding hydrogens is 154 g/mol. The highest BCUT2D eigenvalue weighted by atomic mass is 16.5. The zero-order chi connectivity index (χ0) is 8.55. The van der Waals surface area contributed by atoms with Crippen molar-refractivity contribution in [3.05, 3.63) is 24.2 Å². The Morgan fingerprint density at radius 3 is 3.08 bits per heavy atom. The fraction of sp³-hybridized carbons (Fsp3) is 0.250. The molecule has 0 aliphatic rings.